The predicted octanol–water partition coefficient (Wildman–Crippen LogP) is 3.46. The summed E-state index contributed by atoms with van der Waals surface area (Å²) in [6.45, 7) is 4.18. The number of pyridine rings is 1. The van der Waals surface area contributed by atoms with Gasteiger partial charge in [-0.05, 0) is 43.5 Å². The summed E-state index contributed by atoms with van der Waals surface area (Å²) in [6, 6.07) is 14.0. The highest BCUT2D eigenvalue weighted by Crippen LogP contribution is 2.24. The van der Waals surface area contributed by atoms with Gasteiger partial charge in [-0.1, -0.05) is 23.8 Å². The minimum atomic E-state index is 0.0323. The lowest BCUT2D eigenvalue weighted by atomic mass is 9.96. The van der Waals surface area contributed by atoms with E-state index in [4.69, 9.17) is 0 Å². The smallest absolute Gasteiger partial charge is 0.223 e. The normalized spacial score (nSPS) is 14.4. The lowest BCUT2D eigenvalue weighted by Gasteiger charge is -2.32. The van der Waals surface area contributed by atoms with Gasteiger partial charge in [0.2, 0.25) is 5.91 Å². The number of nitrogens with one attached hydrogen (secondary N) is 2. The molecule has 154 valence electrons. The summed E-state index contributed by atoms with van der Waals surface area (Å²) in [4.78, 5) is 27.6. The summed E-state index contributed by atoms with van der Waals surface area (Å²) in [7, 11) is 0. The fraction of sp³-hybridized carbons (Fsp3) is 0.304. The Morgan fingerprint density at radius 3 is 2.67 bits per heavy atom. The molecule has 1 aliphatic heterocycles. The maximum absolute atomic E-state index is 12.5. The highest BCUT2D eigenvalue weighted by Gasteiger charge is 2.25. The van der Waals surface area contributed by atoms with Crippen molar-refractivity contribution in [2.75, 3.05) is 23.3 Å². The van der Waals surface area contributed by atoms with Crippen molar-refractivity contribution in [3.8, 4) is 0 Å². The number of amides is 1. The van der Waals surface area contributed by atoms with E-state index in [1.165, 1.54) is 5.56 Å². The first-order valence-corrected chi connectivity index (χ1v) is 10.2. The number of benzene rings is 1. The molecular formula is C23H26N6O. The molecule has 1 aromatic carbocycles. The molecule has 0 unspecified atom stereocenters. The van der Waals surface area contributed by atoms with Crippen LogP contribution in [0.3, 0.4) is 0 Å². The molecule has 0 spiro atoms. The molecule has 7 nitrogen and oxygen atoms in total. The number of aryl methyl sites for hydroxylation is 1. The van der Waals surface area contributed by atoms with Gasteiger partial charge in [-0.2, -0.15) is 0 Å². The van der Waals surface area contributed by atoms with E-state index >= 15 is 0 Å². The van der Waals surface area contributed by atoms with E-state index < -0.39 is 0 Å². The summed E-state index contributed by atoms with van der Waals surface area (Å²) < 4.78 is 0. The van der Waals surface area contributed by atoms with Crippen molar-refractivity contribution in [1.82, 2.24) is 20.3 Å². The number of rotatable bonds is 6. The van der Waals surface area contributed by atoms with E-state index in [2.05, 4.69) is 49.5 Å². The molecule has 2 aromatic heterocycles. The third-order valence-corrected chi connectivity index (χ3v) is 5.36. The second kappa shape index (κ2) is 9.35. The third kappa shape index (κ3) is 5.11. The van der Waals surface area contributed by atoms with Crippen LogP contribution in [-0.2, 0) is 11.3 Å². The van der Waals surface area contributed by atoms with Crippen LogP contribution in [0.1, 0.15) is 24.0 Å². The molecule has 1 fully saturated rings. The van der Waals surface area contributed by atoms with E-state index in [1.54, 1.807) is 18.7 Å². The van der Waals surface area contributed by atoms with Gasteiger partial charge in [-0.25, -0.2) is 9.97 Å². The standard InChI is InChI=1S/C23H26N6O/c1-17-4-6-20(7-5-17)28-21-13-22(27-16-26-21)29-11-8-19(9-12-29)23(30)25-15-18-3-2-10-24-14-18/h2-7,10,13-14,16,19H,8-9,11-12,15H2,1H3,(H,25,30)(H,26,27,28). The van der Waals surface area contributed by atoms with Crippen LogP contribution < -0.4 is 15.5 Å². The zero-order valence-corrected chi connectivity index (χ0v) is 17.1. The van der Waals surface area contributed by atoms with E-state index in [-0.39, 0.29) is 11.8 Å². The molecule has 1 amide bonds. The Balaban J connectivity index is 1.30. The Labute approximate surface area is 176 Å². The molecule has 0 saturated carbocycles. The molecule has 30 heavy (non-hydrogen) atoms. The number of aromatic nitrogens is 3. The summed E-state index contributed by atoms with van der Waals surface area (Å²) in [6.07, 6.45) is 6.71. The van der Waals surface area contributed by atoms with Crippen molar-refractivity contribution in [3.63, 3.8) is 0 Å². The van der Waals surface area contributed by atoms with Gasteiger partial charge in [0.1, 0.15) is 18.0 Å². The molecule has 0 atom stereocenters. The number of hydrogen-bond acceptors (Lipinski definition) is 6. The van der Waals surface area contributed by atoms with Gasteiger partial charge in [0, 0.05) is 49.7 Å². The fourth-order valence-electron chi connectivity index (χ4n) is 3.58. The SMILES string of the molecule is Cc1ccc(Nc2cc(N3CCC(C(=O)NCc4cccnc4)CC3)ncn2)cc1. The highest BCUT2D eigenvalue weighted by atomic mass is 16.1. The fourth-order valence-corrected chi connectivity index (χ4v) is 3.58. The first kappa shape index (κ1) is 19.8. The van der Waals surface area contributed by atoms with Gasteiger partial charge in [0.15, 0.2) is 0 Å². The number of carbonyl (C=O) groups excluding carboxylic acids is 1. The topological polar surface area (TPSA) is 83.0 Å². The quantitative estimate of drug-likeness (QED) is 0.657. The van der Waals surface area contributed by atoms with Crippen LogP contribution in [0.4, 0.5) is 17.3 Å². The highest BCUT2D eigenvalue weighted by molar-refractivity contribution is 5.79. The molecule has 0 bridgehead atoms. The second-order valence-electron chi connectivity index (χ2n) is 7.59. The first-order valence-electron chi connectivity index (χ1n) is 10.2. The monoisotopic (exact) mass is 402 g/mol. The summed E-state index contributed by atoms with van der Waals surface area (Å²) in [5, 5.41) is 6.35. The van der Waals surface area contributed by atoms with E-state index in [1.807, 2.05) is 30.3 Å². The second-order valence-corrected chi connectivity index (χ2v) is 7.59. The zero-order chi connectivity index (χ0) is 20.8. The van der Waals surface area contributed by atoms with Crippen molar-refractivity contribution >= 4 is 23.2 Å². The summed E-state index contributed by atoms with van der Waals surface area (Å²) in [5.74, 6) is 1.79. The van der Waals surface area contributed by atoms with E-state index in [0.717, 1.165) is 48.8 Å². The van der Waals surface area contributed by atoms with E-state index in [0.29, 0.717) is 6.54 Å². The minimum Gasteiger partial charge on any atom is -0.356 e. The molecule has 7 heteroatoms. The van der Waals surface area contributed by atoms with Crippen molar-refractivity contribution in [3.05, 3.63) is 72.3 Å². The van der Waals surface area contributed by atoms with Gasteiger partial charge in [0.25, 0.3) is 0 Å². The van der Waals surface area contributed by atoms with Crippen LogP contribution >= 0.6 is 0 Å². The van der Waals surface area contributed by atoms with Crippen LogP contribution in [0.15, 0.2) is 61.2 Å². The lowest BCUT2D eigenvalue weighted by molar-refractivity contribution is -0.125. The van der Waals surface area contributed by atoms with Crippen molar-refractivity contribution in [2.24, 2.45) is 5.92 Å². The molecule has 2 N–H and O–H groups in total. The van der Waals surface area contributed by atoms with Crippen LogP contribution in [0.5, 0.6) is 0 Å². The Kier molecular flexibility index (Phi) is 6.17. The number of carbonyl (C=O) groups is 1. The largest absolute Gasteiger partial charge is 0.356 e. The average molecular weight is 403 g/mol. The van der Waals surface area contributed by atoms with Crippen molar-refractivity contribution in [2.45, 2.75) is 26.3 Å². The van der Waals surface area contributed by atoms with Gasteiger partial charge in [-0.15, -0.1) is 0 Å². The van der Waals surface area contributed by atoms with Gasteiger partial charge in [0.05, 0.1) is 0 Å². The van der Waals surface area contributed by atoms with Crippen molar-refractivity contribution < 1.29 is 4.79 Å². The minimum absolute atomic E-state index is 0.0323. The molecule has 1 aliphatic rings. The van der Waals surface area contributed by atoms with Crippen molar-refractivity contribution in [1.29, 1.82) is 0 Å². The Morgan fingerprint density at radius 2 is 1.93 bits per heavy atom. The Hall–Kier alpha value is -3.48. The first-order chi connectivity index (χ1) is 14.7. The molecule has 1 saturated heterocycles. The molecule has 0 radical (unpaired) electrons. The average Bonchev–Trinajstić information content (AvgIpc) is 2.80. The zero-order valence-electron chi connectivity index (χ0n) is 17.1. The summed E-state index contributed by atoms with van der Waals surface area (Å²) in [5.41, 5.74) is 3.23. The molecule has 4 rings (SSSR count). The lowest BCUT2D eigenvalue weighted by Crippen LogP contribution is -2.40. The molecule has 3 heterocycles. The Bertz CT molecular complexity index is 968. The van der Waals surface area contributed by atoms with Gasteiger partial charge in [-0.3, -0.25) is 9.78 Å². The number of nitrogens with zero attached hydrogens (tertiary/aromatic N) is 4. The number of piperidine rings is 1. The maximum atomic E-state index is 12.5. The van der Waals surface area contributed by atoms with Gasteiger partial charge < -0.3 is 15.5 Å². The van der Waals surface area contributed by atoms with Crippen LogP contribution in [-0.4, -0.2) is 33.9 Å². The molecule has 3 aromatic rings. The number of anilines is 3. The van der Waals surface area contributed by atoms with Crippen LogP contribution in [0, 0.1) is 12.8 Å². The molecule has 0 aliphatic carbocycles. The molecular weight excluding hydrogens is 376 g/mol. The van der Waals surface area contributed by atoms with Crippen LogP contribution in [0.25, 0.3) is 0 Å². The summed E-state index contributed by atoms with van der Waals surface area (Å²) >= 11 is 0. The van der Waals surface area contributed by atoms with Crippen LogP contribution in [0.2, 0.25) is 0 Å². The number of hydrogen-bond donors (Lipinski definition) is 2. The Morgan fingerprint density at radius 1 is 1.13 bits per heavy atom. The van der Waals surface area contributed by atoms with Gasteiger partial charge >= 0.3 is 0 Å². The predicted molar refractivity (Wildman–Crippen MR) is 118 cm³/mol. The maximum Gasteiger partial charge on any atom is 0.223 e. The van der Waals surface area contributed by atoms with E-state index in [9.17, 15) is 4.79 Å². The third-order valence-electron chi connectivity index (χ3n) is 5.36.